The van der Waals surface area contributed by atoms with Crippen molar-refractivity contribution in [3.05, 3.63) is 215 Å². The third-order valence-electron chi connectivity index (χ3n) is 9.12. The van der Waals surface area contributed by atoms with Crippen LogP contribution in [0.2, 0.25) is 0 Å². The highest BCUT2D eigenvalue weighted by Crippen LogP contribution is 2.36. The van der Waals surface area contributed by atoms with Gasteiger partial charge in [-0.3, -0.25) is 0 Å². The van der Waals surface area contributed by atoms with Crippen LogP contribution in [0.1, 0.15) is 60.9 Å². The number of hydrogen-bond acceptors (Lipinski definition) is 2. The van der Waals surface area contributed by atoms with Gasteiger partial charge in [-0.25, -0.2) is 0 Å². The predicted molar refractivity (Wildman–Crippen MR) is 228 cm³/mol. The fraction of sp³-hybridized carbons (Fsp3) is 0.120. The topological polar surface area (TPSA) is 6.48 Å². The molecule has 0 radical (unpaired) electrons. The van der Waals surface area contributed by atoms with Gasteiger partial charge in [0.25, 0.3) is 0 Å². The van der Waals surface area contributed by atoms with E-state index in [9.17, 15) is 0 Å². The van der Waals surface area contributed by atoms with Gasteiger partial charge in [0, 0.05) is 40.6 Å². The highest BCUT2D eigenvalue weighted by Gasteiger charge is 2.15. The summed E-state index contributed by atoms with van der Waals surface area (Å²) < 4.78 is 0. The molecule has 0 heterocycles. The van der Waals surface area contributed by atoms with Gasteiger partial charge in [0.15, 0.2) is 0 Å². The number of rotatable bonds is 13. The fourth-order valence-electron chi connectivity index (χ4n) is 6.30. The molecule has 0 bridgehead atoms. The lowest BCUT2D eigenvalue weighted by Crippen LogP contribution is -2.20. The summed E-state index contributed by atoms with van der Waals surface area (Å²) in [5.74, 6) is 0. The maximum Gasteiger partial charge on any atom is 0.0490 e. The van der Waals surface area contributed by atoms with E-state index in [0.717, 1.165) is 41.9 Å². The predicted octanol–water partition coefficient (Wildman–Crippen LogP) is 14.3. The van der Waals surface area contributed by atoms with E-state index in [0.29, 0.717) is 0 Å². The van der Waals surface area contributed by atoms with Crippen LogP contribution in [0.25, 0.3) is 24.3 Å². The SMILES string of the molecule is C/C=C(\C/C=C\CC)N(C1=CC=CCC=C1)c1ccc(/C=C/c2ccc(/C=C/c3ccc(N(c4ccccc4)c4ccccc4C)cc3)cc2)cc1. The minimum absolute atomic E-state index is 0.889. The van der Waals surface area contributed by atoms with Gasteiger partial charge in [-0.1, -0.05) is 153 Å². The Morgan fingerprint density at radius 1 is 0.596 bits per heavy atom. The van der Waals surface area contributed by atoms with Crippen LogP contribution < -0.4 is 9.80 Å². The Hall–Kier alpha value is -6.12. The second-order valence-electron chi connectivity index (χ2n) is 12.8. The van der Waals surface area contributed by atoms with E-state index >= 15 is 0 Å². The average molecular weight is 677 g/mol. The lowest BCUT2D eigenvalue weighted by molar-refractivity contribution is 1.02. The van der Waals surface area contributed by atoms with Gasteiger partial charge in [0.1, 0.15) is 0 Å². The standard InChI is InChI=1S/C50H48N2/c1-4-6-10-18-45(5-2)51(46-19-11-7-8-12-20-46)48-36-32-43(33-37-48)30-28-41-24-26-42(27-25-41)29-31-44-34-38-49(39-35-44)52(47-21-13-9-14-22-47)50-23-16-15-17-40(50)3/h5-7,9-17,19-39H,4,8,18H2,1-3H3/b10-6-,30-28+,31-29+,45-5+. The summed E-state index contributed by atoms with van der Waals surface area (Å²) in [7, 11) is 0. The largest absolute Gasteiger partial charge is 0.314 e. The Balaban J connectivity index is 1.12. The molecular formula is C50H48N2. The van der Waals surface area contributed by atoms with Gasteiger partial charge in [-0.15, -0.1) is 0 Å². The van der Waals surface area contributed by atoms with Crippen LogP contribution in [0.5, 0.6) is 0 Å². The first-order valence-electron chi connectivity index (χ1n) is 18.3. The lowest BCUT2D eigenvalue weighted by Gasteiger charge is -2.28. The Morgan fingerprint density at radius 3 is 1.71 bits per heavy atom. The first-order valence-corrected chi connectivity index (χ1v) is 18.3. The summed E-state index contributed by atoms with van der Waals surface area (Å²) in [5.41, 5.74) is 13.0. The van der Waals surface area contributed by atoms with Crippen molar-refractivity contribution in [1.82, 2.24) is 0 Å². The molecule has 1 aliphatic carbocycles. The Morgan fingerprint density at radius 2 is 1.13 bits per heavy atom. The number of benzene rings is 5. The number of hydrogen-bond donors (Lipinski definition) is 0. The van der Waals surface area contributed by atoms with Crippen LogP contribution in [0.4, 0.5) is 22.7 Å². The van der Waals surface area contributed by atoms with E-state index < -0.39 is 0 Å². The molecule has 2 heteroatoms. The van der Waals surface area contributed by atoms with Crippen LogP contribution in [0.15, 0.2) is 187 Å². The van der Waals surface area contributed by atoms with Gasteiger partial charge in [0.05, 0.1) is 0 Å². The molecule has 1 aliphatic rings. The molecule has 5 aromatic rings. The number of aryl methyl sites for hydroxylation is 1. The number of anilines is 4. The van der Waals surface area contributed by atoms with Crippen LogP contribution in [-0.4, -0.2) is 0 Å². The Labute approximate surface area is 311 Å². The highest BCUT2D eigenvalue weighted by molar-refractivity contribution is 5.80. The summed E-state index contributed by atoms with van der Waals surface area (Å²) in [4.78, 5) is 4.68. The molecule has 5 aromatic carbocycles. The van der Waals surface area contributed by atoms with Gasteiger partial charge < -0.3 is 9.80 Å². The van der Waals surface area contributed by atoms with E-state index in [-0.39, 0.29) is 0 Å². The maximum atomic E-state index is 2.37. The quantitative estimate of drug-likeness (QED) is 0.0905. The molecule has 0 N–H and O–H groups in total. The zero-order chi connectivity index (χ0) is 36.0. The smallest absolute Gasteiger partial charge is 0.0490 e. The van der Waals surface area contributed by atoms with Crippen LogP contribution >= 0.6 is 0 Å². The minimum Gasteiger partial charge on any atom is -0.314 e. The van der Waals surface area contributed by atoms with Crippen molar-refractivity contribution >= 4 is 47.1 Å². The molecule has 258 valence electrons. The Kier molecular flexibility index (Phi) is 12.5. The van der Waals surface area contributed by atoms with Crippen molar-refractivity contribution in [1.29, 1.82) is 0 Å². The first-order chi connectivity index (χ1) is 25.6. The van der Waals surface area contributed by atoms with Crippen LogP contribution in [-0.2, 0) is 0 Å². The van der Waals surface area contributed by atoms with Crippen LogP contribution in [0.3, 0.4) is 0 Å². The van der Waals surface area contributed by atoms with E-state index in [1.54, 1.807) is 0 Å². The molecule has 2 nitrogen and oxygen atoms in total. The second kappa shape index (κ2) is 18.2. The molecule has 0 unspecified atom stereocenters. The summed E-state index contributed by atoms with van der Waals surface area (Å²) in [6, 6.07) is 45.4. The van der Waals surface area contributed by atoms with Crippen molar-refractivity contribution < 1.29 is 0 Å². The fourth-order valence-corrected chi connectivity index (χ4v) is 6.30. The monoisotopic (exact) mass is 676 g/mol. The molecule has 0 aromatic heterocycles. The molecule has 52 heavy (non-hydrogen) atoms. The number of nitrogens with zero attached hydrogens (tertiary/aromatic N) is 2. The van der Waals surface area contributed by atoms with E-state index in [1.807, 2.05) is 0 Å². The summed E-state index contributed by atoms with van der Waals surface area (Å²) in [6.07, 6.45) is 29.3. The van der Waals surface area contributed by atoms with Crippen molar-refractivity contribution in [2.75, 3.05) is 9.80 Å². The van der Waals surface area contributed by atoms with Gasteiger partial charge in [0.2, 0.25) is 0 Å². The van der Waals surface area contributed by atoms with Crippen molar-refractivity contribution in [3.63, 3.8) is 0 Å². The second-order valence-corrected chi connectivity index (χ2v) is 12.8. The maximum absolute atomic E-state index is 2.37. The molecule has 0 saturated carbocycles. The third kappa shape index (κ3) is 9.35. The summed E-state index contributed by atoms with van der Waals surface area (Å²) in [5, 5.41) is 0. The zero-order valence-electron chi connectivity index (χ0n) is 30.6. The molecular weight excluding hydrogens is 629 g/mol. The average Bonchev–Trinajstić information content (AvgIpc) is 3.48. The van der Waals surface area contributed by atoms with E-state index in [4.69, 9.17) is 0 Å². The zero-order valence-corrected chi connectivity index (χ0v) is 30.6. The molecule has 6 rings (SSSR count). The molecule has 0 fully saturated rings. The third-order valence-corrected chi connectivity index (χ3v) is 9.12. The number of para-hydroxylation sites is 2. The van der Waals surface area contributed by atoms with E-state index in [2.05, 4.69) is 231 Å². The van der Waals surface area contributed by atoms with Crippen molar-refractivity contribution in [3.8, 4) is 0 Å². The molecule has 0 aliphatic heterocycles. The summed E-state index contributed by atoms with van der Waals surface area (Å²) >= 11 is 0. The van der Waals surface area contributed by atoms with E-state index in [1.165, 1.54) is 39.3 Å². The molecule has 0 spiro atoms. The van der Waals surface area contributed by atoms with Gasteiger partial charge >= 0.3 is 0 Å². The molecule has 0 amide bonds. The minimum atomic E-state index is 0.889. The van der Waals surface area contributed by atoms with Gasteiger partial charge in [-0.2, -0.15) is 0 Å². The summed E-state index contributed by atoms with van der Waals surface area (Å²) in [6.45, 7) is 6.47. The number of allylic oxidation sites excluding steroid dienone is 8. The van der Waals surface area contributed by atoms with Crippen LogP contribution in [0, 0.1) is 6.92 Å². The highest BCUT2D eigenvalue weighted by atomic mass is 15.2. The lowest BCUT2D eigenvalue weighted by atomic mass is 10.1. The molecule has 0 atom stereocenters. The normalized spacial score (nSPS) is 13.2. The molecule has 0 saturated heterocycles. The van der Waals surface area contributed by atoms with Crippen molar-refractivity contribution in [2.45, 2.75) is 40.0 Å². The first kappa shape index (κ1) is 35.7. The Bertz CT molecular complexity index is 2100. The van der Waals surface area contributed by atoms with Gasteiger partial charge in [-0.05, 0) is 109 Å². The van der Waals surface area contributed by atoms with Crippen molar-refractivity contribution in [2.24, 2.45) is 0 Å².